The first-order valence-corrected chi connectivity index (χ1v) is 8.47. The molecule has 6 heteroatoms. The summed E-state index contributed by atoms with van der Waals surface area (Å²) in [7, 11) is 1.95. The molecule has 0 saturated heterocycles. The quantitative estimate of drug-likeness (QED) is 0.736. The van der Waals surface area contributed by atoms with Crippen LogP contribution in [0.4, 0.5) is 0 Å². The highest BCUT2D eigenvalue weighted by molar-refractivity contribution is 7.99. The molecular formula is C16H22N4OS. The molecule has 0 aliphatic carbocycles. The van der Waals surface area contributed by atoms with Gasteiger partial charge in [-0.15, -0.1) is 10.2 Å². The minimum atomic E-state index is 0.141. The van der Waals surface area contributed by atoms with E-state index >= 15 is 0 Å². The Kier molecular flexibility index (Phi) is 6.00. The predicted octanol–water partition coefficient (Wildman–Crippen LogP) is 2.37. The van der Waals surface area contributed by atoms with Crippen molar-refractivity contribution < 1.29 is 4.79 Å². The number of carbonyl (C=O) groups is 1. The Morgan fingerprint density at radius 1 is 1.18 bits per heavy atom. The molecule has 0 radical (unpaired) electrons. The highest BCUT2D eigenvalue weighted by Gasteiger charge is 2.14. The molecule has 0 aliphatic heterocycles. The van der Waals surface area contributed by atoms with Crippen LogP contribution in [0.15, 0.2) is 35.5 Å². The Labute approximate surface area is 135 Å². The van der Waals surface area contributed by atoms with Gasteiger partial charge < -0.3 is 9.47 Å². The fraction of sp³-hybridized carbons (Fsp3) is 0.438. The van der Waals surface area contributed by atoms with E-state index in [1.165, 1.54) is 17.3 Å². The van der Waals surface area contributed by atoms with Gasteiger partial charge in [0.05, 0.1) is 5.75 Å². The summed E-state index contributed by atoms with van der Waals surface area (Å²) in [4.78, 5) is 13.9. The zero-order valence-electron chi connectivity index (χ0n) is 13.3. The van der Waals surface area contributed by atoms with Crippen LogP contribution in [0, 0.1) is 0 Å². The van der Waals surface area contributed by atoms with Gasteiger partial charge in [0.2, 0.25) is 5.91 Å². The van der Waals surface area contributed by atoms with Gasteiger partial charge in [-0.3, -0.25) is 4.79 Å². The first-order valence-electron chi connectivity index (χ1n) is 7.48. The number of rotatable bonds is 7. The third-order valence-electron chi connectivity index (χ3n) is 3.57. The minimum absolute atomic E-state index is 0.141. The fourth-order valence-corrected chi connectivity index (χ4v) is 3.03. The second kappa shape index (κ2) is 7.98. The fourth-order valence-electron chi connectivity index (χ4n) is 2.20. The van der Waals surface area contributed by atoms with E-state index in [-0.39, 0.29) is 5.91 Å². The molecule has 0 spiro atoms. The lowest BCUT2D eigenvalue weighted by Gasteiger charge is -2.17. The van der Waals surface area contributed by atoms with Crippen LogP contribution in [0.3, 0.4) is 0 Å². The van der Waals surface area contributed by atoms with Crippen molar-refractivity contribution in [2.24, 2.45) is 7.05 Å². The Morgan fingerprint density at radius 3 is 2.50 bits per heavy atom. The van der Waals surface area contributed by atoms with Crippen molar-refractivity contribution in [2.75, 3.05) is 18.8 Å². The molecule has 0 atom stereocenters. The number of carbonyl (C=O) groups excluding carboxylic acids is 1. The molecule has 2 rings (SSSR count). The average Bonchev–Trinajstić information content (AvgIpc) is 2.88. The highest BCUT2D eigenvalue weighted by atomic mass is 32.2. The zero-order chi connectivity index (χ0) is 15.9. The number of hydrogen-bond acceptors (Lipinski definition) is 4. The second-order valence-electron chi connectivity index (χ2n) is 4.97. The molecule has 1 heterocycles. The van der Waals surface area contributed by atoms with Crippen LogP contribution in [0.25, 0.3) is 0 Å². The molecule has 118 valence electrons. The van der Waals surface area contributed by atoms with Crippen molar-refractivity contribution in [1.82, 2.24) is 19.7 Å². The van der Waals surface area contributed by atoms with Crippen molar-refractivity contribution >= 4 is 17.7 Å². The molecule has 0 fully saturated rings. The van der Waals surface area contributed by atoms with E-state index in [1.807, 2.05) is 48.6 Å². The monoisotopic (exact) mass is 318 g/mol. The van der Waals surface area contributed by atoms with Gasteiger partial charge in [0.25, 0.3) is 0 Å². The van der Waals surface area contributed by atoms with Crippen LogP contribution >= 0.6 is 11.8 Å². The zero-order valence-corrected chi connectivity index (χ0v) is 14.1. The van der Waals surface area contributed by atoms with Crippen molar-refractivity contribution in [2.45, 2.75) is 25.4 Å². The molecule has 0 bridgehead atoms. The van der Waals surface area contributed by atoms with E-state index in [1.54, 1.807) is 0 Å². The third kappa shape index (κ3) is 4.10. The van der Waals surface area contributed by atoms with Gasteiger partial charge in [0.15, 0.2) is 5.16 Å². The number of nitrogens with zero attached hydrogens (tertiary/aromatic N) is 4. The normalized spacial score (nSPS) is 10.7. The summed E-state index contributed by atoms with van der Waals surface area (Å²) >= 11 is 1.44. The lowest BCUT2D eigenvalue weighted by Crippen LogP contribution is -2.31. The standard InChI is InChI=1S/C16H22N4OS/c1-4-20(5-2)15(21)12-22-16-18-17-14(19(16)3)11-13-9-7-6-8-10-13/h6-10H,4-5,11-12H2,1-3H3. The van der Waals surface area contributed by atoms with Crippen LogP contribution in [0.2, 0.25) is 0 Å². The highest BCUT2D eigenvalue weighted by Crippen LogP contribution is 2.17. The van der Waals surface area contributed by atoms with E-state index in [9.17, 15) is 4.79 Å². The summed E-state index contributed by atoms with van der Waals surface area (Å²) in [6, 6.07) is 10.2. The van der Waals surface area contributed by atoms with E-state index in [0.29, 0.717) is 5.75 Å². The summed E-state index contributed by atoms with van der Waals surface area (Å²) < 4.78 is 1.97. The Morgan fingerprint density at radius 2 is 1.86 bits per heavy atom. The smallest absolute Gasteiger partial charge is 0.233 e. The Bertz CT molecular complexity index is 608. The van der Waals surface area contributed by atoms with Crippen LogP contribution in [0.1, 0.15) is 25.2 Å². The van der Waals surface area contributed by atoms with Gasteiger partial charge in [0, 0.05) is 26.6 Å². The molecule has 0 saturated carbocycles. The summed E-state index contributed by atoms with van der Waals surface area (Å²) in [6.45, 7) is 5.47. The molecule has 22 heavy (non-hydrogen) atoms. The summed E-state index contributed by atoms with van der Waals surface area (Å²) in [5.41, 5.74) is 1.20. The Balaban J connectivity index is 1.98. The topological polar surface area (TPSA) is 51.0 Å². The lowest BCUT2D eigenvalue weighted by molar-refractivity contribution is -0.127. The molecule has 1 aromatic carbocycles. The summed E-state index contributed by atoms with van der Waals surface area (Å²) in [6.07, 6.45) is 0.745. The number of aromatic nitrogens is 3. The van der Waals surface area contributed by atoms with Gasteiger partial charge in [-0.25, -0.2) is 0 Å². The van der Waals surface area contributed by atoms with Gasteiger partial charge in [0.1, 0.15) is 5.82 Å². The lowest BCUT2D eigenvalue weighted by atomic mass is 10.1. The van der Waals surface area contributed by atoms with Crippen molar-refractivity contribution in [3.8, 4) is 0 Å². The van der Waals surface area contributed by atoms with Gasteiger partial charge in [-0.05, 0) is 19.4 Å². The molecule has 5 nitrogen and oxygen atoms in total. The van der Waals surface area contributed by atoms with Crippen LogP contribution in [-0.4, -0.2) is 44.4 Å². The Hall–Kier alpha value is -1.82. The van der Waals surface area contributed by atoms with Crippen molar-refractivity contribution in [3.63, 3.8) is 0 Å². The van der Waals surface area contributed by atoms with E-state index in [0.717, 1.165) is 30.5 Å². The molecule has 2 aromatic rings. The molecule has 0 N–H and O–H groups in total. The van der Waals surface area contributed by atoms with Crippen molar-refractivity contribution in [3.05, 3.63) is 41.7 Å². The van der Waals surface area contributed by atoms with E-state index < -0.39 is 0 Å². The number of benzene rings is 1. The molecule has 0 unspecified atom stereocenters. The van der Waals surface area contributed by atoms with Crippen LogP contribution in [0.5, 0.6) is 0 Å². The third-order valence-corrected chi connectivity index (χ3v) is 4.58. The maximum absolute atomic E-state index is 12.0. The number of hydrogen-bond donors (Lipinski definition) is 0. The number of amides is 1. The SMILES string of the molecule is CCN(CC)C(=O)CSc1nnc(Cc2ccccc2)n1C. The summed E-state index contributed by atoms with van der Waals surface area (Å²) in [5.74, 6) is 1.45. The molecule has 0 aliphatic rings. The molecular weight excluding hydrogens is 296 g/mol. The van der Waals surface area contributed by atoms with Gasteiger partial charge in [-0.1, -0.05) is 42.1 Å². The summed E-state index contributed by atoms with van der Waals surface area (Å²) in [5, 5.41) is 9.23. The largest absolute Gasteiger partial charge is 0.343 e. The first kappa shape index (κ1) is 16.5. The van der Waals surface area contributed by atoms with Gasteiger partial charge in [-0.2, -0.15) is 0 Å². The maximum Gasteiger partial charge on any atom is 0.233 e. The first-order chi connectivity index (χ1) is 10.7. The molecule has 1 amide bonds. The predicted molar refractivity (Wildman–Crippen MR) is 88.9 cm³/mol. The number of thioether (sulfide) groups is 1. The minimum Gasteiger partial charge on any atom is -0.343 e. The van der Waals surface area contributed by atoms with Crippen LogP contribution in [-0.2, 0) is 18.3 Å². The molecule has 1 aromatic heterocycles. The van der Waals surface area contributed by atoms with Gasteiger partial charge >= 0.3 is 0 Å². The average molecular weight is 318 g/mol. The van der Waals surface area contributed by atoms with Crippen LogP contribution < -0.4 is 0 Å². The van der Waals surface area contributed by atoms with E-state index in [2.05, 4.69) is 22.3 Å². The van der Waals surface area contributed by atoms with E-state index in [4.69, 9.17) is 0 Å². The van der Waals surface area contributed by atoms with Crippen molar-refractivity contribution in [1.29, 1.82) is 0 Å². The second-order valence-corrected chi connectivity index (χ2v) is 5.92. The maximum atomic E-state index is 12.0.